The number of carbonyl (C=O) groups is 2. The molecule has 1 saturated carbocycles. The van der Waals surface area contributed by atoms with Gasteiger partial charge in [0, 0.05) is 12.8 Å². The maximum Gasteiger partial charge on any atom is 0.472 e. The van der Waals surface area contributed by atoms with Gasteiger partial charge in [0.2, 0.25) is 0 Å². The number of hydrogen-bond donors (Lipinski definition) is 6. The van der Waals surface area contributed by atoms with E-state index in [1.165, 1.54) is 32.1 Å². The van der Waals surface area contributed by atoms with Crippen molar-refractivity contribution in [3.8, 4) is 0 Å². The molecule has 0 aromatic heterocycles. The van der Waals surface area contributed by atoms with Gasteiger partial charge in [-0.3, -0.25) is 18.6 Å². The van der Waals surface area contributed by atoms with E-state index >= 15 is 0 Å². The standard InChI is InChI=1S/C31H59O13P/c1-3-5-7-9-11-12-14-16-18-20-25(33)43-23(21-41-24(32)19-17-15-13-10-8-6-4-2)22-42-45(39,40)44-31-29(37)27(35)26(34)28(36)30(31)38/h23,26-31,34-38H,3-22H2,1-2H3,(H,39,40). The predicted octanol–water partition coefficient (Wildman–Crippen LogP) is 3.82. The van der Waals surface area contributed by atoms with E-state index < -0.39 is 75.7 Å². The Hall–Kier alpha value is -1.15. The van der Waals surface area contributed by atoms with Crippen LogP contribution in [0.3, 0.4) is 0 Å². The van der Waals surface area contributed by atoms with Crippen LogP contribution in [0, 0.1) is 0 Å². The lowest BCUT2D eigenvalue weighted by Gasteiger charge is -2.41. The molecule has 1 fully saturated rings. The quantitative estimate of drug-likeness (QED) is 0.0440. The van der Waals surface area contributed by atoms with Gasteiger partial charge in [-0.1, -0.05) is 104 Å². The van der Waals surface area contributed by atoms with E-state index in [9.17, 15) is 44.6 Å². The molecule has 6 unspecified atom stereocenters. The maximum atomic E-state index is 12.6. The van der Waals surface area contributed by atoms with Crippen molar-refractivity contribution in [3.05, 3.63) is 0 Å². The molecule has 6 N–H and O–H groups in total. The van der Waals surface area contributed by atoms with Crippen molar-refractivity contribution in [2.24, 2.45) is 0 Å². The molecule has 0 amide bonds. The number of ether oxygens (including phenoxy) is 2. The van der Waals surface area contributed by atoms with E-state index in [2.05, 4.69) is 13.8 Å². The fourth-order valence-electron chi connectivity index (χ4n) is 5.11. The summed E-state index contributed by atoms with van der Waals surface area (Å²) in [7, 11) is -5.09. The molecule has 6 atom stereocenters. The molecular formula is C31H59O13P. The van der Waals surface area contributed by atoms with E-state index in [1.807, 2.05) is 0 Å². The lowest BCUT2D eigenvalue weighted by atomic mass is 9.85. The second kappa shape index (κ2) is 24.1. The largest absolute Gasteiger partial charge is 0.472 e. The summed E-state index contributed by atoms with van der Waals surface area (Å²) in [4.78, 5) is 35.0. The Balaban J connectivity index is 2.62. The van der Waals surface area contributed by atoms with Gasteiger partial charge in [0.05, 0.1) is 6.61 Å². The highest BCUT2D eigenvalue weighted by Crippen LogP contribution is 2.47. The molecule has 0 spiro atoms. The van der Waals surface area contributed by atoms with Gasteiger partial charge >= 0.3 is 19.8 Å². The minimum atomic E-state index is -5.09. The highest BCUT2D eigenvalue weighted by Gasteiger charge is 2.51. The number of esters is 2. The lowest BCUT2D eigenvalue weighted by molar-refractivity contribution is -0.220. The summed E-state index contributed by atoms with van der Waals surface area (Å²) in [6, 6.07) is 0. The number of aliphatic hydroxyl groups excluding tert-OH is 5. The Morgan fingerprint density at radius 1 is 0.600 bits per heavy atom. The summed E-state index contributed by atoms with van der Waals surface area (Å²) in [6.07, 6.45) is 3.80. The van der Waals surface area contributed by atoms with Crippen molar-refractivity contribution in [1.82, 2.24) is 0 Å². The zero-order valence-electron chi connectivity index (χ0n) is 27.2. The van der Waals surface area contributed by atoms with Crippen molar-refractivity contribution in [2.45, 2.75) is 172 Å². The number of hydrogen-bond acceptors (Lipinski definition) is 12. The van der Waals surface area contributed by atoms with Crippen LogP contribution in [0.2, 0.25) is 0 Å². The molecular weight excluding hydrogens is 611 g/mol. The second-order valence-electron chi connectivity index (χ2n) is 12.0. The van der Waals surface area contributed by atoms with E-state index in [1.54, 1.807) is 0 Å². The van der Waals surface area contributed by atoms with Crippen LogP contribution in [-0.2, 0) is 32.7 Å². The number of phosphoric ester groups is 1. The van der Waals surface area contributed by atoms with Crippen LogP contribution < -0.4 is 0 Å². The summed E-state index contributed by atoms with van der Waals surface area (Å²) in [5.41, 5.74) is 0. The van der Waals surface area contributed by atoms with Crippen molar-refractivity contribution in [3.63, 3.8) is 0 Å². The highest BCUT2D eigenvalue weighted by molar-refractivity contribution is 7.47. The van der Waals surface area contributed by atoms with E-state index in [-0.39, 0.29) is 12.8 Å². The van der Waals surface area contributed by atoms with Gasteiger partial charge in [-0.05, 0) is 12.8 Å². The topological polar surface area (TPSA) is 210 Å². The molecule has 266 valence electrons. The average molecular weight is 671 g/mol. The van der Waals surface area contributed by atoms with E-state index in [4.69, 9.17) is 18.5 Å². The Bertz CT molecular complexity index is 828. The second-order valence-corrected chi connectivity index (χ2v) is 13.4. The number of carbonyl (C=O) groups excluding carboxylic acids is 2. The van der Waals surface area contributed by atoms with E-state index in [0.29, 0.717) is 12.8 Å². The normalized spacial score (nSPS) is 25.4. The Morgan fingerprint density at radius 3 is 1.47 bits per heavy atom. The zero-order chi connectivity index (χ0) is 33.7. The van der Waals surface area contributed by atoms with Crippen molar-refractivity contribution < 1.29 is 63.1 Å². The monoisotopic (exact) mass is 670 g/mol. The molecule has 1 aliphatic rings. The molecule has 1 rings (SSSR count). The average Bonchev–Trinajstić information content (AvgIpc) is 3.01. The zero-order valence-corrected chi connectivity index (χ0v) is 28.1. The van der Waals surface area contributed by atoms with Gasteiger partial charge < -0.3 is 39.9 Å². The van der Waals surface area contributed by atoms with Gasteiger partial charge in [0.15, 0.2) is 6.10 Å². The number of rotatable bonds is 26. The molecule has 0 aliphatic heterocycles. The van der Waals surface area contributed by atoms with Gasteiger partial charge in [-0.2, -0.15) is 0 Å². The Labute approximate surface area is 268 Å². The third-order valence-electron chi connectivity index (χ3n) is 7.95. The van der Waals surface area contributed by atoms with Crippen LogP contribution in [0.5, 0.6) is 0 Å². The van der Waals surface area contributed by atoms with Crippen LogP contribution in [0.25, 0.3) is 0 Å². The third-order valence-corrected chi connectivity index (χ3v) is 8.93. The van der Waals surface area contributed by atoms with E-state index in [0.717, 1.165) is 57.8 Å². The van der Waals surface area contributed by atoms with Crippen LogP contribution >= 0.6 is 7.82 Å². The highest BCUT2D eigenvalue weighted by atomic mass is 31.2. The van der Waals surface area contributed by atoms with Crippen LogP contribution in [-0.4, -0.2) is 98.3 Å². The minimum absolute atomic E-state index is 0.101. The predicted molar refractivity (Wildman–Crippen MR) is 166 cm³/mol. The fraction of sp³-hybridized carbons (Fsp3) is 0.935. The summed E-state index contributed by atoms with van der Waals surface area (Å²) in [5, 5.41) is 49.6. The Kier molecular flexibility index (Phi) is 22.4. The molecule has 1 aliphatic carbocycles. The first-order chi connectivity index (χ1) is 21.4. The maximum absolute atomic E-state index is 12.6. The van der Waals surface area contributed by atoms with Gasteiger partial charge in [0.1, 0.15) is 43.2 Å². The SMILES string of the molecule is CCCCCCCCCCCC(=O)OC(COC(=O)CCCCCCCCC)COP(=O)(O)OC1C(O)C(O)C(O)C(O)C1O. The minimum Gasteiger partial charge on any atom is -0.462 e. The first-order valence-electron chi connectivity index (χ1n) is 16.8. The number of aliphatic hydroxyl groups is 5. The van der Waals surface area contributed by atoms with Gasteiger partial charge in [-0.25, -0.2) is 4.57 Å². The van der Waals surface area contributed by atoms with Crippen LogP contribution in [0.1, 0.15) is 129 Å². The first kappa shape index (κ1) is 41.9. The molecule has 0 radical (unpaired) electrons. The molecule has 0 aromatic rings. The van der Waals surface area contributed by atoms with Crippen molar-refractivity contribution in [1.29, 1.82) is 0 Å². The lowest BCUT2D eigenvalue weighted by Crippen LogP contribution is -2.64. The molecule has 0 aromatic carbocycles. The summed E-state index contributed by atoms with van der Waals surface area (Å²) in [6.45, 7) is 3.15. The number of unbranched alkanes of at least 4 members (excludes halogenated alkanes) is 14. The summed E-state index contributed by atoms with van der Waals surface area (Å²) < 4.78 is 33.0. The van der Waals surface area contributed by atoms with Crippen LogP contribution in [0.4, 0.5) is 0 Å². The number of phosphoric acid groups is 1. The summed E-state index contributed by atoms with van der Waals surface area (Å²) >= 11 is 0. The molecule has 0 heterocycles. The fourth-order valence-corrected chi connectivity index (χ4v) is 6.08. The molecule has 45 heavy (non-hydrogen) atoms. The molecule has 0 saturated heterocycles. The Morgan fingerprint density at radius 2 is 1.00 bits per heavy atom. The molecule has 13 nitrogen and oxygen atoms in total. The molecule has 0 bridgehead atoms. The smallest absolute Gasteiger partial charge is 0.462 e. The summed E-state index contributed by atoms with van der Waals surface area (Å²) in [5.74, 6) is -1.11. The van der Waals surface area contributed by atoms with Crippen molar-refractivity contribution >= 4 is 19.8 Å². The first-order valence-corrected chi connectivity index (χ1v) is 18.3. The molecule has 14 heteroatoms. The van der Waals surface area contributed by atoms with Crippen molar-refractivity contribution in [2.75, 3.05) is 13.2 Å². The van der Waals surface area contributed by atoms with Gasteiger partial charge in [0.25, 0.3) is 0 Å². The van der Waals surface area contributed by atoms with Crippen LogP contribution in [0.15, 0.2) is 0 Å². The third kappa shape index (κ3) is 18.1. The van der Waals surface area contributed by atoms with Gasteiger partial charge in [-0.15, -0.1) is 0 Å².